The number of amides is 1. The van der Waals surface area contributed by atoms with Gasteiger partial charge in [-0.3, -0.25) is 9.59 Å². The summed E-state index contributed by atoms with van der Waals surface area (Å²) in [7, 11) is 0. The van der Waals surface area contributed by atoms with Gasteiger partial charge in [-0.2, -0.15) is 13.2 Å². The fourth-order valence-corrected chi connectivity index (χ4v) is 1.94. The Morgan fingerprint density at radius 3 is 2.68 bits per heavy atom. The number of pyridine rings is 1. The van der Waals surface area contributed by atoms with Crippen molar-refractivity contribution in [3.05, 3.63) is 57.4 Å². The number of rotatable bonds is 4. The number of nitrogens with one attached hydrogen (secondary N) is 1. The number of nitrogens with zero attached hydrogens (tertiary/aromatic N) is 1. The molecule has 0 saturated heterocycles. The third kappa shape index (κ3) is 4.14. The highest BCUT2D eigenvalue weighted by Crippen LogP contribution is 2.20. The molecule has 0 aliphatic rings. The molecule has 1 amide bonds. The van der Waals surface area contributed by atoms with Crippen LogP contribution >= 0.6 is 11.6 Å². The summed E-state index contributed by atoms with van der Waals surface area (Å²) in [5, 5.41) is -0.282. The number of halogens is 4. The van der Waals surface area contributed by atoms with E-state index >= 15 is 0 Å². The van der Waals surface area contributed by atoms with Gasteiger partial charge >= 0.3 is 6.18 Å². The number of alkyl halides is 3. The van der Waals surface area contributed by atoms with E-state index in [1.165, 1.54) is 18.4 Å². The SMILES string of the molecule is O=C(c1c[nH]c(=O)c(Cl)c1)N(Cc1ccco1)CC(F)(F)F. The van der Waals surface area contributed by atoms with Crippen LogP contribution in [0.1, 0.15) is 16.1 Å². The van der Waals surface area contributed by atoms with Gasteiger partial charge in [-0.1, -0.05) is 11.6 Å². The lowest BCUT2D eigenvalue weighted by Crippen LogP contribution is -2.38. The maximum absolute atomic E-state index is 12.6. The predicted octanol–water partition coefficient (Wildman–Crippen LogP) is 2.83. The van der Waals surface area contributed by atoms with Crippen molar-refractivity contribution >= 4 is 17.5 Å². The fourth-order valence-electron chi connectivity index (χ4n) is 1.77. The van der Waals surface area contributed by atoms with E-state index < -0.39 is 24.2 Å². The average Bonchev–Trinajstić information content (AvgIpc) is 2.92. The predicted molar refractivity (Wildman–Crippen MR) is 71.6 cm³/mol. The molecule has 2 aromatic rings. The van der Waals surface area contributed by atoms with Crippen LogP contribution in [0.3, 0.4) is 0 Å². The summed E-state index contributed by atoms with van der Waals surface area (Å²) in [6, 6.07) is 3.98. The lowest BCUT2D eigenvalue weighted by atomic mass is 10.2. The first-order valence-electron chi connectivity index (χ1n) is 6.03. The number of aromatic amines is 1. The smallest absolute Gasteiger partial charge is 0.406 e. The van der Waals surface area contributed by atoms with Crippen molar-refractivity contribution in [1.29, 1.82) is 0 Å². The summed E-state index contributed by atoms with van der Waals surface area (Å²) < 4.78 is 42.9. The first-order chi connectivity index (χ1) is 10.3. The van der Waals surface area contributed by atoms with Crippen molar-refractivity contribution in [3.8, 4) is 0 Å². The van der Waals surface area contributed by atoms with Crippen LogP contribution in [0.25, 0.3) is 0 Å². The molecule has 0 bridgehead atoms. The van der Waals surface area contributed by atoms with Crippen molar-refractivity contribution in [2.24, 2.45) is 0 Å². The molecule has 118 valence electrons. The van der Waals surface area contributed by atoms with E-state index in [9.17, 15) is 22.8 Å². The van der Waals surface area contributed by atoms with Gasteiger partial charge in [-0.25, -0.2) is 0 Å². The number of furan rings is 1. The minimum Gasteiger partial charge on any atom is -0.467 e. The second-order valence-electron chi connectivity index (χ2n) is 4.42. The zero-order valence-corrected chi connectivity index (χ0v) is 11.7. The largest absolute Gasteiger partial charge is 0.467 e. The Balaban J connectivity index is 2.28. The van der Waals surface area contributed by atoms with E-state index in [1.807, 2.05) is 0 Å². The van der Waals surface area contributed by atoms with Gasteiger partial charge in [0.2, 0.25) is 0 Å². The first-order valence-corrected chi connectivity index (χ1v) is 6.41. The molecule has 0 spiro atoms. The molecular formula is C13H10ClF3N2O3. The highest BCUT2D eigenvalue weighted by molar-refractivity contribution is 6.30. The number of H-pyrrole nitrogens is 1. The van der Waals surface area contributed by atoms with Gasteiger partial charge < -0.3 is 14.3 Å². The lowest BCUT2D eigenvalue weighted by Gasteiger charge is -2.23. The Morgan fingerprint density at radius 1 is 1.41 bits per heavy atom. The topological polar surface area (TPSA) is 66.3 Å². The van der Waals surface area contributed by atoms with Crippen LogP contribution in [0.5, 0.6) is 0 Å². The van der Waals surface area contributed by atoms with Gasteiger partial charge in [-0.05, 0) is 18.2 Å². The number of carbonyl (C=O) groups is 1. The van der Waals surface area contributed by atoms with Crippen molar-refractivity contribution in [1.82, 2.24) is 9.88 Å². The van der Waals surface area contributed by atoms with Gasteiger partial charge in [0.1, 0.15) is 17.3 Å². The van der Waals surface area contributed by atoms with Crippen molar-refractivity contribution in [3.63, 3.8) is 0 Å². The Bertz CT molecular complexity index is 710. The first kappa shape index (κ1) is 16.2. The zero-order valence-electron chi connectivity index (χ0n) is 11.0. The maximum Gasteiger partial charge on any atom is 0.406 e. The Kier molecular flexibility index (Phi) is 4.60. The molecule has 9 heteroatoms. The lowest BCUT2D eigenvalue weighted by molar-refractivity contribution is -0.142. The van der Waals surface area contributed by atoms with Gasteiger partial charge in [0.25, 0.3) is 11.5 Å². The van der Waals surface area contributed by atoms with Crippen LogP contribution in [-0.4, -0.2) is 28.5 Å². The molecule has 0 aromatic carbocycles. The third-order valence-corrected chi connectivity index (χ3v) is 2.97. The van der Waals surface area contributed by atoms with Gasteiger partial charge in [0.15, 0.2) is 0 Å². The summed E-state index contributed by atoms with van der Waals surface area (Å²) in [6.45, 7) is -1.81. The van der Waals surface area contributed by atoms with Crippen LogP contribution in [-0.2, 0) is 6.54 Å². The molecule has 0 saturated carbocycles. The van der Waals surface area contributed by atoms with E-state index in [0.717, 1.165) is 12.3 Å². The third-order valence-electron chi connectivity index (χ3n) is 2.69. The summed E-state index contributed by atoms with van der Waals surface area (Å²) >= 11 is 5.58. The summed E-state index contributed by atoms with van der Waals surface area (Å²) in [4.78, 5) is 26.1. The minimum absolute atomic E-state index is 0.152. The van der Waals surface area contributed by atoms with E-state index in [4.69, 9.17) is 16.0 Å². The van der Waals surface area contributed by atoms with E-state index in [-0.39, 0.29) is 22.9 Å². The molecule has 2 heterocycles. The van der Waals surface area contributed by atoms with Crippen LogP contribution in [0.2, 0.25) is 5.02 Å². The van der Waals surface area contributed by atoms with Gasteiger partial charge in [-0.15, -0.1) is 0 Å². The highest BCUT2D eigenvalue weighted by atomic mass is 35.5. The van der Waals surface area contributed by atoms with E-state index in [1.54, 1.807) is 0 Å². The molecule has 0 aliphatic heterocycles. The molecule has 0 atom stereocenters. The summed E-state index contributed by atoms with van der Waals surface area (Å²) in [5.74, 6) is -0.722. The summed E-state index contributed by atoms with van der Waals surface area (Å²) in [6.07, 6.45) is -2.27. The Morgan fingerprint density at radius 2 is 2.14 bits per heavy atom. The quantitative estimate of drug-likeness (QED) is 0.935. The number of hydrogen-bond acceptors (Lipinski definition) is 3. The van der Waals surface area contributed by atoms with E-state index in [0.29, 0.717) is 4.90 Å². The number of aromatic nitrogens is 1. The highest BCUT2D eigenvalue weighted by Gasteiger charge is 2.34. The van der Waals surface area contributed by atoms with Gasteiger partial charge in [0, 0.05) is 6.20 Å². The van der Waals surface area contributed by atoms with Crippen LogP contribution < -0.4 is 5.56 Å². The fraction of sp³-hybridized carbons (Fsp3) is 0.231. The molecule has 22 heavy (non-hydrogen) atoms. The van der Waals surface area contributed by atoms with Gasteiger partial charge in [0.05, 0.1) is 18.4 Å². The normalized spacial score (nSPS) is 11.5. The minimum atomic E-state index is -4.58. The molecule has 0 unspecified atom stereocenters. The average molecular weight is 335 g/mol. The van der Waals surface area contributed by atoms with Crippen molar-refractivity contribution < 1.29 is 22.4 Å². The molecule has 0 fully saturated rings. The van der Waals surface area contributed by atoms with Crippen LogP contribution in [0, 0.1) is 0 Å². The Labute approximate surface area is 127 Å². The molecule has 0 aliphatic carbocycles. The molecule has 2 rings (SSSR count). The second-order valence-corrected chi connectivity index (χ2v) is 4.83. The number of carbonyl (C=O) groups excluding carboxylic acids is 1. The molecule has 0 radical (unpaired) electrons. The molecule has 1 N–H and O–H groups in total. The zero-order chi connectivity index (χ0) is 16.3. The molecule has 5 nitrogen and oxygen atoms in total. The van der Waals surface area contributed by atoms with E-state index in [2.05, 4.69) is 4.98 Å². The maximum atomic E-state index is 12.6. The van der Waals surface area contributed by atoms with Crippen LogP contribution in [0.4, 0.5) is 13.2 Å². The standard InChI is InChI=1S/C13H10ClF3N2O3/c14-10-4-8(5-18-11(10)20)12(21)19(7-13(15,16)17)6-9-2-1-3-22-9/h1-5H,6-7H2,(H,18,20). The summed E-state index contributed by atoms with van der Waals surface area (Å²) in [5.41, 5.74) is -0.785. The van der Waals surface area contributed by atoms with Crippen molar-refractivity contribution in [2.45, 2.75) is 12.7 Å². The molecular weight excluding hydrogens is 325 g/mol. The second kappa shape index (κ2) is 6.27. The van der Waals surface area contributed by atoms with Crippen molar-refractivity contribution in [2.75, 3.05) is 6.54 Å². The Hall–Kier alpha value is -2.22. The van der Waals surface area contributed by atoms with Crippen LogP contribution in [0.15, 0.2) is 39.9 Å². The number of hydrogen-bond donors (Lipinski definition) is 1. The molecule has 2 aromatic heterocycles. The monoisotopic (exact) mass is 334 g/mol.